The van der Waals surface area contributed by atoms with E-state index in [2.05, 4.69) is 20.8 Å². The fourth-order valence-corrected chi connectivity index (χ4v) is 3.89. The lowest BCUT2D eigenvalue weighted by molar-refractivity contribution is -0.113. The fourth-order valence-electron chi connectivity index (χ4n) is 3.14. The number of benzene rings is 3. The normalized spacial score (nSPS) is 10.6. The van der Waals surface area contributed by atoms with Crippen molar-refractivity contribution in [3.8, 4) is 17.1 Å². The number of rotatable bonds is 7. The number of anilines is 1. The van der Waals surface area contributed by atoms with Gasteiger partial charge in [-0.15, -0.1) is 10.2 Å². The maximum absolute atomic E-state index is 13.4. The van der Waals surface area contributed by atoms with Gasteiger partial charge in [0.2, 0.25) is 5.91 Å². The number of nitrogens with zero attached hydrogens (tertiary/aromatic N) is 3. The summed E-state index contributed by atoms with van der Waals surface area (Å²) in [6, 6.07) is 22.2. The van der Waals surface area contributed by atoms with Gasteiger partial charge in [0.1, 0.15) is 5.82 Å². The Morgan fingerprint density at radius 3 is 2.30 bits per heavy atom. The van der Waals surface area contributed by atoms with Gasteiger partial charge in [0, 0.05) is 29.5 Å². The van der Waals surface area contributed by atoms with Crippen LogP contribution in [0.1, 0.15) is 10.4 Å². The van der Waals surface area contributed by atoms with Crippen molar-refractivity contribution in [1.82, 2.24) is 20.1 Å². The number of carbonyl (C=O) groups excluding carboxylic acids is 2. The molecule has 2 amide bonds. The molecule has 1 aromatic heterocycles. The molecule has 0 spiro atoms. The minimum absolute atomic E-state index is 0.103. The second-order valence-corrected chi connectivity index (χ2v) is 7.92. The molecule has 7 nitrogen and oxygen atoms in total. The first-order valence-electron chi connectivity index (χ1n) is 10.1. The highest BCUT2D eigenvalue weighted by Crippen LogP contribution is 2.28. The highest BCUT2D eigenvalue weighted by Gasteiger charge is 2.17. The Bertz CT molecular complexity index is 1260. The standard InChI is InChI=1S/C24H20FN5O2S/c1-26-23(32)17-9-13-19(14-10-17)27-21(31)15-33-24-29-28-22(16-7-11-18(25)12-8-16)30(24)20-5-3-2-4-6-20/h2-14H,15H2,1H3,(H,26,32)(H,27,31). The minimum atomic E-state index is -0.334. The first kappa shape index (κ1) is 22.2. The van der Waals surface area contributed by atoms with Crippen molar-refractivity contribution < 1.29 is 14.0 Å². The molecule has 4 aromatic rings. The Hall–Kier alpha value is -3.98. The minimum Gasteiger partial charge on any atom is -0.355 e. The second kappa shape index (κ2) is 10.1. The molecule has 2 N–H and O–H groups in total. The van der Waals surface area contributed by atoms with Crippen molar-refractivity contribution in [2.45, 2.75) is 5.16 Å². The van der Waals surface area contributed by atoms with E-state index >= 15 is 0 Å². The molecule has 0 aliphatic heterocycles. The number of nitrogens with one attached hydrogen (secondary N) is 2. The first-order chi connectivity index (χ1) is 16.0. The molecule has 9 heteroatoms. The average molecular weight is 462 g/mol. The van der Waals surface area contributed by atoms with E-state index in [1.807, 2.05) is 34.9 Å². The summed E-state index contributed by atoms with van der Waals surface area (Å²) < 4.78 is 15.2. The van der Waals surface area contributed by atoms with Crippen LogP contribution in [0.3, 0.4) is 0 Å². The van der Waals surface area contributed by atoms with Crippen LogP contribution < -0.4 is 10.6 Å². The highest BCUT2D eigenvalue weighted by atomic mass is 32.2. The van der Waals surface area contributed by atoms with E-state index in [1.54, 1.807) is 43.4 Å². The highest BCUT2D eigenvalue weighted by molar-refractivity contribution is 7.99. The van der Waals surface area contributed by atoms with Crippen molar-refractivity contribution in [3.63, 3.8) is 0 Å². The Kier molecular flexibility index (Phi) is 6.80. The van der Waals surface area contributed by atoms with E-state index < -0.39 is 0 Å². The Morgan fingerprint density at radius 1 is 0.939 bits per heavy atom. The van der Waals surface area contributed by atoms with E-state index in [1.165, 1.54) is 23.9 Å². The molecule has 0 unspecified atom stereocenters. The van der Waals surface area contributed by atoms with Crippen LogP contribution in [-0.2, 0) is 4.79 Å². The number of para-hydroxylation sites is 1. The molecule has 0 fully saturated rings. The number of aromatic nitrogens is 3. The second-order valence-electron chi connectivity index (χ2n) is 6.98. The molecule has 3 aromatic carbocycles. The van der Waals surface area contributed by atoms with Crippen molar-refractivity contribution in [2.75, 3.05) is 18.1 Å². The van der Waals surface area contributed by atoms with Crippen LogP contribution in [0, 0.1) is 5.82 Å². The van der Waals surface area contributed by atoms with Gasteiger partial charge in [-0.3, -0.25) is 14.2 Å². The molecule has 0 aliphatic carbocycles. The summed E-state index contributed by atoms with van der Waals surface area (Å²) >= 11 is 1.24. The number of carbonyl (C=O) groups is 2. The molecular weight excluding hydrogens is 441 g/mol. The van der Waals surface area contributed by atoms with Gasteiger partial charge in [-0.25, -0.2) is 4.39 Å². The van der Waals surface area contributed by atoms with Crippen LogP contribution in [-0.4, -0.2) is 39.4 Å². The Morgan fingerprint density at radius 2 is 1.64 bits per heavy atom. The zero-order valence-corrected chi connectivity index (χ0v) is 18.5. The summed E-state index contributed by atoms with van der Waals surface area (Å²) in [5.74, 6) is -0.0988. The molecule has 166 valence electrons. The summed E-state index contributed by atoms with van der Waals surface area (Å²) in [5, 5.41) is 14.5. The van der Waals surface area contributed by atoms with E-state index in [9.17, 15) is 14.0 Å². The van der Waals surface area contributed by atoms with Crippen LogP contribution in [0.5, 0.6) is 0 Å². The zero-order chi connectivity index (χ0) is 23.2. The van der Waals surface area contributed by atoms with Gasteiger partial charge in [0.15, 0.2) is 11.0 Å². The molecule has 4 rings (SSSR count). The largest absolute Gasteiger partial charge is 0.355 e. The molecular formula is C24H20FN5O2S. The van der Waals surface area contributed by atoms with Gasteiger partial charge in [-0.1, -0.05) is 30.0 Å². The molecule has 0 aliphatic rings. The smallest absolute Gasteiger partial charge is 0.251 e. The number of hydrogen-bond donors (Lipinski definition) is 2. The summed E-state index contributed by atoms with van der Waals surface area (Å²) in [7, 11) is 1.56. The van der Waals surface area contributed by atoms with Gasteiger partial charge in [0.05, 0.1) is 5.75 Å². The topological polar surface area (TPSA) is 88.9 Å². The predicted octanol–water partition coefficient (Wildman–Crippen LogP) is 4.16. The van der Waals surface area contributed by atoms with Crippen LogP contribution in [0.4, 0.5) is 10.1 Å². The number of thioether (sulfide) groups is 1. The average Bonchev–Trinajstić information content (AvgIpc) is 3.27. The SMILES string of the molecule is CNC(=O)c1ccc(NC(=O)CSc2nnc(-c3ccc(F)cc3)n2-c2ccccc2)cc1. The van der Waals surface area contributed by atoms with Gasteiger partial charge >= 0.3 is 0 Å². The van der Waals surface area contributed by atoms with Crippen molar-refractivity contribution in [1.29, 1.82) is 0 Å². The third kappa shape index (κ3) is 5.27. The zero-order valence-electron chi connectivity index (χ0n) is 17.7. The molecule has 0 saturated carbocycles. The fraction of sp³-hybridized carbons (Fsp3) is 0.0833. The first-order valence-corrected chi connectivity index (χ1v) is 11.1. The van der Waals surface area contributed by atoms with Gasteiger partial charge in [-0.2, -0.15) is 0 Å². The quantitative estimate of drug-likeness (QED) is 0.404. The third-order valence-electron chi connectivity index (χ3n) is 4.74. The van der Waals surface area contributed by atoms with Crippen LogP contribution in [0.15, 0.2) is 84.0 Å². The summed E-state index contributed by atoms with van der Waals surface area (Å²) in [6.07, 6.45) is 0. The van der Waals surface area contributed by atoms with E-state index in [0.29, 0.717) is 27.8 Å². The Labute approximate surface area is 194 Å². The molecule has 0 bridgehead atoms. The summed E-state index contributed by atoms with van der Waals surface area (Å²) in [5.41, 5.74) is 2.63. The molecule has 33 heavy (non-hydrogen) atoms. The molecule has 0 atom stereocenters. The lowest BCUT2D eigenvalue weighted by atomic mass is 10.2. The number of amides is 2. The van der Waals surface area contributed by atoms with Crippen molar-refractivity contribution >= 4 is 29.3 Å². The molecule has 0 saturated heterocycles. The van der Waals surface area contributed by atoms with Crippen LogP contribution in [0.25, 0.3) is 17.1 Å². The summed E-state index contributed by atoms with van der Waals surface area (Å²) in [4.78, 5) is 24.2. The Balaban J connectivity index is 1.51. The van der Waals surface area contributed by atoms with E-state index in [-0.39, 0.29) is 23.4 Å². The van der Waals surface area contributed by atoms with Gasteiger partial charge in [0.25, 0.3) is 5.91 Å². The van der Waals surface area contributed by atoms with Gasteiger partial charge < -0.3 is 10.6 Å². The van der Waals surface area contributed by atoms with Crippen molar-refractivity contribution in [3.05, 3.63) is 90.2 Å². The maximum Gasteiger partial charge on any atom is 0.251 e. The maximum atomic E-state index is 13.4. The molecule has 1 heterocycles. The lowest BCUT2D eigenvalue weighted by Crippen LogP contribution is -2.18. The number of hydrogen-bond acceptors (Lipinski definition) is 5. The van der Waals surface area contributed by atoms with E-state index in [4.69, 9.17) is 0 Å². The van der Waals surface area contributed by atoms with Crippen LogP contribution >= 0.6 is 11.8 Å². The molecule has 0 radical (unpaired) electrons. The van der Waals surface area contributed by atoms with Crippen molar-refractivity contribution in [2.24, 2.45) is 0 Å². The van der Waals surface area contributed by atoms with E-state index in [0.717, 1.165) is 5.69 Å². The summed E-state index contributed by atoms with van der Waals surface area (Å²) in [6.45, 7) is 0. The predicted molar refractivity (Wildman–Crippen MR) is 126 cm³/mol. The lowest BCUT2D eigenvalue weighted by Gasteiger charge is -2.10. The third-order valence-corrected chi connectivity index (χ3v) is 5.67. The number of halogens is 1. The monoisotopic (exact) mass is 461 g/mol. The van der Waals surface area contributed by atoms with Gasteiger partial charge in [-0.05, 0) is 60.7 Å². The van der Waals surface area contributed by atoms with Crippen LogP contribution in [0.2, 0.25) is 0 Å².